The zero-order chi connectivity index (χ0) is 16.9. The number of amides is 1. The Morgan fingerprint density at radius 3 is 2.52 bits per heavy atom. The molecule has 0 radical (unpaired) electrons. The van der Waals surface area contributed by atoms with E-state index < -0.39 is 16.1 Å². The number of carbonyl (C=O) groups excluding carboxylic acids is 1. The lowest BCUT2D eigenvalue weighted by Crippen LogP contribution is -2.45. The number of hydrogen-bond acceptors (Lipinski definition) is 4. The summed E-state index contributed by atoms with van der Waals surface area (Å²) >= 11 is 0. The van der Waals surface area contributed by atoms with Crippen LogP contribution in [-0.4, -0.2) is 37.3 Å². The zero-order valence-electron chi connectivity index (χ0n) is 13.0. The Morgan fingerprint density at radius 1 is 1.22 bits per heavy atom. The Balaban J connectivity index is 2.02. The molecule has 6 nitrogen and oxygen atoms in total. The Labute approximate surface area is 136 Å². The van der Waals surface area contributed by atoms with E-state index in [2.05, 4.69) is 9.71 Å². The average Bonchev–Trinajstić information content (AvgIpc) is 2.55. The van der Waals surface area contributed by atoms with Gasteiger partial charge in [-0.2, -0.15) is 4.72 Å². The van der Waals surface area contributed by atoms with Gasteiger partial charge in [0.05, 0.1) is 10.9 Å². The first kappa shape index (κ1) is 17.1. The first-order valence-corrected chi connectivity index (χ1v) is 8.60. The number of aromatic nitrogens is 1. The molecule has 1 amide bonds. The molecule has 1 N–H and O–H groups in total. The molecule has 2 aromatic rings. The number of likely N-dealkylation sites (N-methyl/N-ethyl adjacent to an activating group) is 1. The minimum Gasteiger partial charge on any atom is -0.340 e. The van der Waals surface area contributed by atoms with Crippen molar-refractivity contribution in [2.75, 3.05) is 7.05 Å². The Morgan fingerprint density at radius 2 is 1.91 bits per heavy atom. The fraction of sp³-hybridized carbons (Fsp3) is 0.250. The number of hydrogen-bond donors (Lipinski definition) is 1. The van der Waals surface area contributed by atoms with Gasteiger partial charge in [-0.15, -0.1) is 0 Å². The van der Waals surface area contributed by atoms with Gasteiger partial charge in [-0.1, -0.05) is 24.3 Å². The number of sulfonamides is 1. The highest BCUT2D eigenvalue weighted by Crippen LogP contribution is 2.09. The van der Waals surface area contributed by atoms with E-state index in [1.165, 1.54) is 24.0 Å². The highest BCUT2D eigenvalue weighted by Gasteiger charge is 2.24. The molecule has 0 saturated heterocycles. The fourth-order valence-electron chi connectivity index (χ4n) is 2.12. The third kappa shape index (κ3) is 4.61. The van der Waals surface area contributed by atoms with E-state index in [-0.39, 0.29) is 10.8 Å². The topological polar surface area (TPSA) is 79.4 Å². The molecule has 23 heavy (non-hydrogen) atoms. The zero-order valence-corrected chi connectivity index (χ0v) is 13.8. The van der Waals surface area contributed by atoms with E-state index in [4.69, 9.17) is 0 Å². The third-order valence-electron chi connectivity index (χ3n) is 3.27. The molecule has 0 fully saturated rings. The highest BCUT2D eigenvalue weighted by atomic mass is 32.2. The Kier molecular flexibility index (Phi) is 5.46. The van der Waals surface area contributed by atoms with E-state index in [0.29, 0.717) is 6.54 Å². The molecule has 1 aromatic carbocycles. The Hall–Kier alpha value is -2.25. The van der Waals surface area contributed by atoms with Crippen LogP contribution in [0.4, 0.5) is 0 Å². The maximum atomic E-state index is 12.3. The van der Waals surface area contributed by atoms with Crippen molar-refractivity contribution in [1.82, 2.24) is 14.6 Å². The number of benzene rings is 1. The van der Waals surface area contributed by atoms with Gasteiger partial charge in [-0.3, -0.25) is 9.78 Å². The molecule has 1 atom stereocenters. The lowest BCUT2D eigenvalue weighted by Gasteiger charge is -2.22. The Bertz CT molecular complexity index is 749. The number of nitrogens with zero attached hydrogens (tertiary/aromatic N) is 2. The van der Waals surface area contributed by atoms with Crippen LogP contribution in [0.3, 0.4) is 0 Å². The first-order chi connectivity index (χ1) is 10.9. The van der Waals surface area contributed by atoms with Crippen molar-refractivity contribution in [3.8, 4) is 0 Å². The van der Waals surface area contributed by atoms with Gasteiger partial charge in [0.15, 0.2) is 0 Å². The molecule has 1 unspecified atom stereocenters. The second-order valence-electron chi connectivity index (χ2n) is 5.21. The second kappa shape index (κ2) is 7.34. The van der Waals surface area contributed by atoms with E-state index >= 15 is 0 Å². The summed E-state index contributed by atoms with van der Waals surface area (Å²) in [6, 6.07) is 10.8. The summed E-state index contributed by atoms with van der Waals surface area (Å²) in [5.74, 6) is -0.312. The second-order valence-corrected chi connectivity index (χ2v) is 6.93. The predicted molar refractivity (Wildman–Crippen MR) is 86.9 cm³/mol. The fourth-order valence-corrected chi connectivity index (χ4v) is 3.34. The van der Waals surface area contributed by atoms with Crippen LogP contribution in [0.1, 0.15) is 12.5 Å². The molecule has 2 rings (SSSR count). The van der Waals surface area contributed by atoms with Crippen molar-refractivity contribution < 1.29 is 13.2 Å². The normalized spacial score (nSPS) is 12.6. The van der Waals surface area contributed by atoms with E-state index in [1.54, 1.807) is 43.7 Å². The van der Waals surface area contributed by atoms with Crippen LogP contribution >= 0.6 is 0 Å². The van der Waals surface area contributed by atoms with Crippen LogP contribution in [0.15, 0.2) is 59.8 Å². The quantitative estimate of drug-likeness (QED) is 0.867. The largest absolute Gasteiger partial charge is 0.340 e. The van der Waals surface area contributed by atoms with Crippen molar-refractivity contribution >= 4 is 15.9 Å². The smallest absolute Gasteiger partial charge is 0.241 e. The summed E-state index contributed by atoms with van der Waals surface area (Å²) < 4.78 is 26.9. The van der Waals surface area contributed by atoms with E-state index in [1.807, 2.05) is 6.07 Å². The molecule has 0 aliphatic heterocycles. The van der Waals surface area contributed by atoms with E-state index in [9.17, 15) is 13.2 Å². The number of nitrogens with one attached hydrogen (secondary N) is 1. The lowest BCUT2D eigenvalue weighted by atomic mass is 10.2. The molecule has 7 heteroatoms. The average molecular weight is 333 g/mol. The molecule has 0 aliphatic carbocycles. The molecular weight excluding hydrogens is 314 g/mol. The van der Waals surface area contributed by atoms with Crippen LogP contribution in [0.2, 0.25) is 0 Å². The summed E-state index contributed by atoms with van der Waals surface area (Å²) in [6.07, 6.45) is 3.32. The van der Waals surface area contributed by atoms with Crippen molar-refractivity contribution in [2.24, 2.45) is 0 Å². The molecule has 0 bridgehead atoms. The van der Waals surface area contributed by atoms with E-state index in [0.717, 1.165) is 5.56 Å². The van der Waals surface area contributed by atoms with Crippen molar-refractivity contribution in [3.05, 3.63) is 60.4 Å². The van der Waals surface area contributed by atoms with Crippen molar-refractivity contribution in [2.45, 2.75) is 24.4 Å². The number of pyridine rings is 1. The first-order valence-electron chi connectivity index (χ1n) is 7.11. The standard InChI is InChI=1S/C16H19N3O3S/c1-13(18-23(21,22)15-8-4-3-5-9-15)16(20)19(2)12-14-7-6-10-17-11-14/h3-11,13,18H,12H2,1-2H3. The van der Waals surface area contributed by atoms with Crippen LogP contribution in [0.25, 0.3) is 0 Å². The van der Waals surface area contributed by atoms with Gasteiger partial charge in [-0.05, 0) is 30.7 Å². The molecule has 0 spiro atoms. The summed E-state index contributed by atoms with van der Waals surface area (Å²) in [5.41, 5.74) is 0.876. The van der Waals surface area contributed by atoms with Gasteiger partial charge in [0.2, 0.25) is 15.9 Å². The van der Waals surface area contributed by atoms with Gasteiger partial charge in [0, 0.05) is 26.0 Å². The maximum absolute atomic E-state index is 12.3. The van der Waals surface area contributed by atoms with Crippen LogP contribution in [0, 0.1) is 0 Å². The number of rotatable bonds is 6. The van der Waals surface area contributed by atoms with Crippen LogP contribution in [0.5, 0.6) is 0 Å². The highest BCUT2D eigenvalue weighted by molar-refractivity contribution is 7.89. The predicted octanol–water partition coefficient (Wildman–Crippen LogP) is 1.41. The maximum Gasteiger partial charge on any atom is 0.241 e. The van der Waals surface area contributed by atoms with Gasteiger partial charge in [0.1, 0.15) is 0 Å². The summed E-state index contributed by atoms with van der Waals surface area (Å²) in [7, 11) is -2.09. The third-order valence-corrected chi connectivity index (χ3v) is 4.83. The monoisotopic (exact) mass is 333 g/mol. The molecular formula is C16H19N3O3S. The molecule has 1 aromatic heterocycles. The summed E-state index contributed by atoms with van der Waals surface area (Å²) in [4.78, 5) is 17.9. The lowest BCUT2D eigenvalue weighted by molar-refractivity contribution is -0.131. The number of carbonyl (C=O) groups is 1. The SMILES string of the molecule is CC(NS(=O)(=O)c1ccccc1)C(=O)N(C)Cc1cccnc1. The van der Waals surface area contributed by atoms with Crippen LogP contribution in [-0.2, 0) is 21.4 Å². The minimum atomic E-state index is -3.72. The molecule has 0 saturated carbocycles. The minimum absolute atomic E-state index is 0.134. The van der Waals surface area contributed by atoms with Gasteiger partial charge >= 0.3 is 0 Å². The van der Waals surface area contributed by atoms with Crippen LogP contribution < -0.4 is 4.72 Å². The van der Waals surface area contributed by atoms with Gasteiger partial charge < -0.3 is 4.90 Å². The van der Waals surface area contributed by atoms with Gasteiger partial charge in [0.25, 0.3) is 0 Å². The molecule has 1 heterocycles. The summed E-state index contributed by atoms with van der Waals surface area (Å²) in [5, 5.41) is 0. The molecule has 122 valence electrons. The van der Waals surface area contributed by atoms with Crippen molar-refractivity contribution in [3.63, 3.8) is 0 Å². The molecule has 0 aliphatic rings. The van der Waals surface area contributed by atoms with Gasteiger partial charge in [-0.25, -0.2) is 8.42 Å². The summed E-state index contributed by atoms with van der Waals surface area (Å²) in [6.45, 7) is 1.90. The van der Waals surface area contributed by atoms with Crippen molar-refractivity contribution in [1.29, 1.82) is 0 Å².